The predicted octanol–water partition coefficient (Wildman–Crippen LogP) is 6.42. The summed E-state index contributed by atoms with van der Waals surface area (Å²) >= 11 is 3.40. The molecule has 0 radical (unpaired) electrons. The molecule has 0 aliphatic heterocycles. The Kier molecular flexibility index (Phi) is 13.0. The summed E-state index contributed by atoms with van der Waals surface area (Å²) in [5.74, 6) is 3.18. The molecule has 2 N–H and O–H groups in total. The van der Waals surface area contributed by atoms with E-state index in [1.54, 1.807) is 23.5 Å². The molecule has 0 aliphatic carbocycles. The van der Waals surface area contributed by atoms with Gasteiger partial charge in [-0.05, 0) is 60.4 Å². The number of benzene rings is 2. The number of carbonyl (C=O) groups excluding carboxylic acids is 2. The summed E-state index contributed by atoms with van der Waals surface area (Å²) in [6.07, 6.45) is 6.43. The smallest absolute Gasteiger partial charge is 0.234 e. The lowest BCUT2D eigenvalue weighted by atomic mass is 10.1. The van der Waals surface area contributed by atoms with Crippen molar-refractivity contribution in [1.82, 2.24) is 0 Å². The van der Waals surface area contributed by atoms with Gasteiger partial charge in [0.1, 0.15) is 0 Å². The van der Waals surface area contributed by atoms with E-state index in [0.717, 1.165) is 48.6 Å². The van der Waals surface area contributed by atoms with Gasteiger partial charge in [0.15, 0.2) is 0 Å². The molecule has 32 heavy (non-hydrogen) atoms. The van der Waals surface area contributed by atoms with Crippen LogP contribution in [0.3, 0.4) is 0 Å². The minimum atomic E-state index is 0.0761. The van der Waals surface area contributed by atoms with Crippen molar-refractivity contribution in [3.05, 3.63) is 59.7 Å². The Morgan fingerprint density at radius 1 is 0.656 bits per heavy atom. The molecule has 0 aliphatic rings. The van der Waals surface area contributed by atoms with Crippen LogP contribution < -0.4 is 10.6 Å². The van der Waals surface area contributed by atoms with Gasteiger partial charge in [0.2, 0.25) is 11.8 Å². The molecule has 2 amide bonds. The molecule has 0 heterocycles. The fourth-order valence-electron chi connectivity index (χ4n) is 3.37. The molecule has 0 aromatic heterocycles. The molecule has 0 saturated heterocycles. The van der Waals surface area contributed by atoms with Crippen molar-refractivity contribution in [2.75, 3.05) is 33.6 Å². The Labute approximate surface area is 201 Å². The molecule has 6 heteroatoms. The summed E-state index contributed by atoms with van der Waals surface area (Å²) in [4.78, 5) is 24.3. The van der Waals surface area contributed by atoms with Gasteiger partial charge in [-0.2, -0.15) is 23.5 Å². The maximum atomic E-state index is 12.1. The molecule has 2 rings (SSSR count). The molecule has 0 fully saturated rings. The highest BCUT2D eigenvalue weighted by Crippen LogP contribution is 2.18. The Balaban J connectivity index is 1.45. The van der Waals surface area contributed by atoms with Crippen LogP contribution in [0.4, 0.5) is 11.4 Å². The number of aryl methyl sites for hydroxylation is 2. The van der Waals surface area contributed by atoms with Crippen LogP contribution >= 0.6 is 23.5 Å². The summed E-state index contributed by atoms with van der Waals surface area (Å²) in [6, 6.07) is 16.0. The second-order valence-corrected chi connectivity index (χ2v) is 9.85. The second-order valence-electron chi connectivity index (χ2n) is 7.64. The van der Waals surface area contributed by atoms with E-state index in [1.807, 2.05) is 36.4 Å². The van der Waals surface area contributed by atoms with Crippen LogP contribution in [-0.2, 0) is 22.4 Å². The van der Waals surface area contributed by atoms with E-state index in [9.17, 15) is 9.59 Å². The molecule has 2 aromatic carbocycles. The molecular formula is C26H36N2O2S2. The number of unbranched alkanes of at least 4 members (excludes halogenated alkanes) is 3. The number of hydrogen-bond acceptors (Lipinski definition) is 4. The lowest BCUT2D eigenvalue weighted by molar-refractivity contribution is -0.114. The van der Waals surface area contributed by atoms with Gasteiger partial charge in [-0.25, -0.2) is 0 Å². The van der Waals surface area contributed by atoms with Crippen LogP contribution in [0.25, 0.3) is 0 Å². The van der Waals surface area contributed by atoms with Gasteiger partial charge < -0.3 is 10.6 Å². The summed E-state index contributed by atoms with van der Waals surface area (Å²) < 4.78 is 0. The van der Waals surface area contributed by atoms with E-state index < -0.39 is 0 Å². The van der Waals surface area contributed by atoms with Crippen LogP contribution in [0.1, 0.15) is 50.7 Å². The number of anilines is 2. The second kappa shape index (κ2) is 15.8. The zero-order chi connectivity index (χ0) is 23.0. The fraction of sp³-hybridized carbons (Fsp3) is 0.462. The zero-order valence-corrected chi connectivity index (χ0v) is 21.0. The van der Waals surface area contributed by atoms with Crippen molar-refractivity contribution in [2.45, 2.75) is 52.4 Å². The standard InChI is InChI=1S/C26H36N2O2S2/c1-3-21-13-7-9-15-23(21)27-25(29)19-31-17-11-5-6-12-18-32-20-26(30)28-24-16-10-8-14-22(24)4-2/h7-10,13-16H,3-6,11-12,17-20H2,1-2H3,(H,27,29)(H,28,30). The summed E-state index contributed by atoms with van der Waals surface area (Å²) in [5, 5.41) is 6.04. The van der Waals surface area contributed by atoms with E-state index in [2.05, 4.69) is 36.6 Å². The number of carbonyl (C=O) groups is 2. The van der Waals surface area contributed by atoms with Gasteiger partial charge in [-0.1, -0.05) is 63.1 Å². The van der Waals surface area contributed by atoms with Crippen LogP contribution in [0.2, 0.25) is 0 Å². The van der Waals surface area contributed by atoms with Crippen molar-refractivity contribution < 1.29 is 9.59 Å². The third-order valence-corrected chi connectivity index (χ3v) is 7.23. The van der Waals surface area contributed by atoms with E-state index in [4.69, 9.17) is 0 Å². The van der Waals surface area contributed by atoms with Crippen LogP contribution in [0.15, 0.2) is 48.5 Å². The largest absolute Gasteiger partial charge is 0.325 e. The summed E-state index contributed by atoms with van der Waals surface area (Å²) in [5.41, 5.74) is 4.21. The van der Waals surface area contributed by atoms with Gasteiger partial charge in [0, 0.05) is 11.4 Å². The maximum absolute atomic E-state index is 12.1. The Bertz CT molecular complexity index is 773. The lowest BCUT2D eigenvalue weighted by Gasteiger charge is -2.09. The van der Waals surface area contributed by atoms with Gasteiger partial charge >= 0.3 is 0 Å². The van der Waals surface area contributed by atoms with E-state index in [1.165, 1.54) is 24.0 Å². The minimum Gasteiger partial charge on any atom is -0.325 e. The number of para-hydroxylation sites is 2. The monoisotopic (exact) mass is 472 g/mol. The molecule has 0 saturated carbocycles. The number of hydrogen-bond donors (Lipinski definition) is 2. The van der Waals surface area contributed by atoms with Crippen molar-refractivity contribution >= 4 is 46.7 Å². The van der Waals surface area contributed by atoms with Crippen molar-refractivity contribution in [3.63, 3.8) is 0 Å². The first-order valence-electron chi connectivity index (χ1n) is 11.5. The van der Waals surface area contributed by atoms with Crippen LogP contribution in [-0.4, -0.2) is 34.8 Å². The van der Waals surface area contributed by atoms with Gasteiger partial charge in [-0.3, -0.25) is 9.59 Å². The Morgan fingerprint density at radius 2 is 1.06 bits per heavy atom. The predicted molar refractivity (Wildman–Crippen MR) is 142 cm³/mol. The van der Waals surface area contributed by atoms with Crippen molar-refractivity contribution in [3.8, 4) is 0 Å². The van der Waals surface area contributed by atoms with E-state index in [0.29, 0.717) is 11.5 Å². The highest BCUT2D eigenvalue weighted by atomic mass is 32.2. The van der Waals surface area contributed by atoms with Crippen molar-refractivity contribution in [1.29, 1.82) is 0 Å². The van der Waals surface area contributed by atoms with Crippen LogP contribution in [0, 0.1) is 0 Å². The topological polar surface area (TPSA) is 58.2 Å². The Morgan fingerprint density at radius 3 is 1.47 bits per heavy atom. The van der Waals surface area contributed by atoms with Gasteiger partial charge in [-0.15, -0.1) is 0 Å². The zero-order valence-electron chi connectivity index (χ0n) is 19.3. The normalized spacial score (nSPS) is 10.7. The average molecular weight is 473 g/mol. The van der Waals surface area contributed by atoms with E-state index in [-0.39, 0.29) is 11.8 Å². The van der Waals surface area contributed by atoms with Gasteiger partial charge in [0.25, 0.3) is 0 Å². The minimum absolute atomic E-state index is 0.0761. The summed E-state index contributed by atoms with van der Waals surface area (Å²) in [7, 11) is 0. The maximum Gasteiger partial charge on any atom is 0.234 e. The third kappa shape index (κ3) is 10.1. The number of thioether (sulfide) groups is 2. The van der Waals surface area contributed by atoms with E-state index >= 15 is 0 Å². The first-order chi connectivity index (χ1) is 15.6. The first-order valence-corrected chi connectivity index (χ1v) is 13.9. The molecule has 2 aromatic rings. The Hall–Kier alpha value is -1.92. The SMILES string of the molecule is CCc1ccccc1NC(=O)CSCCCCCCSCC(=O)Nc1ccccc1CC. The first kappa shape index (κ1) is 26.3. The van der Waals surface area contributed by atoms with Gasteiger partial charge in [0.05, 0.1) is 11.5 Å². The molecule has 0 unspecified atom stereocenters. The molecule has 0 spiro atoms. The lowest BCUT2D eigenvalue weighted by Crippen LogP contribution is -2.15. The third-order valence-electron chi connectivity index (χ3n) is 5.14. The number of nitrogens with one attached hydrogen (secondary N) is 2. The molecule has 0 atom stereocenters. The summed E-state index contributed by atoms with van der Waals surface area (Å²) in [6.45, 7) is 4.19. The average Bonchev–Trinajstić information content (AvgIpc) is 2.81. The molecule has 0 bridgehead atoms. The number of rotatable bonds is 15. The van der Waals surface area contributed by atoms with Crippen LogP contribution in [0.5, 0.6) is 0 Å². The molecule has 4 nitrogen and oxygen atoms in total. The molecule has 174 valence electrons. The van der Waals surface area contributed by atoms with Crippen molar-refractivity contribution in [2.24, 2.45) is 0 Å². The quantitative estimate of drug-likeness (QED) is 0.294. The highest BCUT2D eigenvalue weighted by Gasteiger charge is 2.07. The highest BCUT2D eigenvalue weighted by molar-refractivity contribution is 8.00. The fourth-order valence-corrected chi connectivity index (χ4v) is 4.99. The molecular weight excluding hydrogens is 436 g/mol. The number of amides is 2.